The zero-order valence-corrected chi connectivity index (χ0v) is 19.8. The first-order chi connectivity index (χ1) is 16.0. The van der Waals surface area contributed by atoms with Gasteiger partial charge in [-0.1, -0.05) is 35.1 Å². The van der Waals surface area contributed by atoms with E-state index in [1.807, 2.05) is 61.0 Å². The number of anilines is 1. The maximum Gasteiger partial charge on any atom is 0.273 e. The Bertz CT molecular complexity index is 1290. The van der Waals surface area contributed by atoms with Crippen molar-refractivity contribution >= 4 is 44.2 Å². The molecule has 5 rings (SSSR count). The van der Waals surface area contributed by atoms with Crippen molar-refractivity contribution < 1.29 is 14.3 Å². The molecular formula is C24H23ClN4O3S. The third-order valence-electron chi connectivity index (χ3n) is 5.68. The number of imidazole rings is 1. The van der Waals surface area contributed by atoms with Crippen molar-refractivity contribution in [3.63, 3.8) is 0 Å². The number of aromatic nitrogens is 3. The van der Waals surface area contributed by atoms with Gasteiger partial charge in [-0.15, -0.1) is 0 Å². The third kappa shape index (κ3) is 4.28. The van der Waals surface area contributed by atoms with Crippen molar-refractivity contribution in [2.75, 3.05) is 11.4 Å². The molecule has 1 aliphatic rings. The van der Waals surface area contributed by atoms with Crippen LogP contribution in [0.5, 0.6) is 11.5 Å². The fourth-order valence-corrected chi connectivity index (χ4v) is 5.09. The molecule has 2 atom stereocenters. The smallest absolute Gasteiger partial charge is 0.273 e. The number of thiazole rings is 1. The van der Waals surface area contributed by atoms with Crippen molar-refractivity contribution in [1.29, 1.82) is 0 Å². The zero-order chi connectivity index (χ0) is 22.9. The van der Waals surface area contributed by atoms with Gasteiger partial charge in [-0.05, 0) is 50.1 Å². The van der Waals surface area contributed by atoms with E-state index >= 15 is 0 Å². The van der Waals surface area contributed by atoms with Gasteiger partial charge in [-0.3, -0.25) is 9.69 Å². The minimum atomic E-state index is -0.773. The van der Waals surface area contributed by atoms with Crippen molar-refractivity contribution in [2.24, 2.45) is 0 Å². The Balaban J connectivity index is 1.45. The van der Waals surface area contributed by atoms with Crippen molar-refractivity contribution in [3.8, 4) is 11.5 Å². The first kappa shape index (κ1) is 21.7. The lowest BCUT2D eigenvalue weighted by atomic mass is 10.1. The molecule has 0 saturated carbocycles. The highest BCUT2D eigenvalue weighted by Gasteiger charge is 2.38. The lowest BCUT2D eigenvalue weighted by molar-refractivity contribution is -0.130. The van der Waals surface area contributed by atoms with Gasteiger partial charge in [0.1, 0.15) is 6.10 Å². The van der Waals surface area contributed by atoms with Gasteiger partial charge in [0.2, 0.25) is 6.10 Å². The van der Waals surface area contributed by atoms with Gasteiger partial charge >= 0.3 is 0 Å². The summed E-state index contributed by atoms with van der Waals surface area (Å²) in [6.07, 6.45) is 4.95. The Kier molecular flexibility index (Phi) is 5.95. The predicted molar refractivity (Wildman–Crippen MR) is 130 cm³/mol. The second-order valence-electron chi connectivity index (χ2n) is 7.97. The van der Waals surface area contributed by atoms with Gasteiger partial charge in [0.25, 0.3) is 5.91 Å². The molecule has 9 heteroatoms. The van der Waals surface area contributed by atoms with Crippen LogP contribution in [0.1, 0.15) is 18.9 Å². The summed E-state index contributed by atoms with van der Waals surface area (Å²) in [7, 11) is 0. The summed E-state index contributed by atoms with van der Waals surface area (Å²) in [4.78, 5) is 24.4. The van der Waals surface area contributed by atoms with E-state index in [1.54, 1.807) is 17.4 Å². The summed E-state index contributed by atoms with van der Waals surface area (Å²) >= 11 is 7.78. The third-order valence-corrected chi connectivity index (χ3v) is 7.13. The first-order valence-corrected chi connectivity index (χ1v) is 12.0. The summed E-state index contributed by atoms with van der Waals surface area (Å²) in [6, 6.07) is 11.2. The van der Waals surface area contributed by atoms with Gasteiger partial charge in [0.15, 0.2) is 16.6 Å². The molecule has 0 aliphatic carbocycles. The second kappa shape index (κ2) is 9.03. The average molecular weight is 483 g/mol. The number of fused-ring (bicyclic) bond motifs is 2. The average Bonchev–Trinajstić information content (AvgIpc) is 3.49. The SMILES string of the molecule is Cc1c(Cl)ccc2sc(N(CCCn3ccnc3)C(=O)C3Oc4ccccc4OC3C)nc12. The number of carbonyl (C=O) groups excluding carboxylic acids is 1. The van der Waals surface area contributed by atoms with Crippen LogP contribution in [0, 0.1) is 6.92 Å². The minimum Gasteiger partial charge on any atom is -0.482 e. The topological polar surface area (TPSA) is 69.5 Å². The molecule has 2 aromatic heterocycles. The molecule has 1 aliphatic heterocycles. The standard InChI is InChI=1S/C24H23ClN4O3S/c1-15-17(25)8-9-20-21(15)27-24(33-20)29(12-5-11-28-13-10-26-14-28)23(30)22-16(2)31-18-6-3-4-7-19(18)32-22/h3-4,6-10,13-14,16,22H,5,11-12H2,1-2H3. The Morgan fingerprint density at radius 2 is 2.00 bits per heavy atom. The number of ether oxygens (including phenoxy) is 2. The van der Waals surface area contributed by atoms with E-state index in [9.17, 15) is 4.79 Å². The molecule has 3 heterocycles. The van der Waals surface area contributed by atoms with Crippen LogP contribution in [-0.4, -0.2) is 39.2 Å². The monoisotopic (exact) mass is 482 g/mol. The van der Waals surface area contributed by atoms with Gasteiger partial charge < -0.3 is 14.0 Å². The van der Waals surface area contributed by atoms with E-state index in [-0.39, 0.29) is 5.91 Å². The van der Waals surface area contributed by atoms with E-state index in [0.717, 1.165) is 28.7 Å². The largest absolute Gasteiger partial charge is 0.482 e. The normalized spacial score (nSPS) is 17.3. The molecule has 7 nitrogen and oxygen atoms in total. The molecule has 2 aromatic carbocycles. The summed E-state index contributed by atoms with van der Waals surface area (Å²) in [5, 5.41) is 1.28. The maximum atomic E-state index is 13.8. The highest BCUT2D eigenvalue weighted by molar-refractivity contribution is 7.22. The number of halogens is 1. The van der Waals surface area contributed by atoms with E-state index < -0.39 is 12.2 Å². The van der Waals surface area contributed by atoms with Crippen molar-refractivity contribution in [2.45, 2.75) is 39.0 Å². The summed E-state index contributed by atoms with van der Waals surface area (Å²) in [5.41, 5.74) is 1.72. The molecule has 0 bridgehead atoms. The molecular weight excluding hydrogens is 460 g/mol. The lowest BCUT2D eigenvalue weighted by Gasteiger charge is -2.33. The molecule has 170 valence electrons. The molecule has 1 amide bonds. The quantitative estimate of drug-likeness (QED) is 0.382. The summed E-state index contributed by atoms with van der Waals surface area (Å²) in [6.45, 7) is 5.01. The Morgan fingerprint density at radius 3 is 2.76 bits per heavy atom. The van der Waals surface area contributed by atoms with Crippen LogP contribution in [0.15, 0.2) is 55.1 Å². The van der Waals surface area contributed by atoms with Crippen LogP contribution in [0.25, 0.3) is 10.2 Å². The van der Waals surface area contributed by atoms with Crippen molar-refractivity contribution in [3.05, 3.63) is 65.7 Å². The molecule has 2 unspecified atom stereocenters. The van der Waals surface area contributed by atoms with E-state index in [1.165, 1.54) is 11.3 Å². The van der Waals surface area contributed by atoms with Gasteiger partial charge in [0.05, 0.1) is 16.5 Å². The molecule has 0 N–H and O–H groups in total. The Labute approximate surface area is 200 Å². The number of para-hydroxylation sites is 2. The van der Waals surface area contributed by atoms with E-state index in [4.69, 9.17) is 26.1 Å². The molecule has 0 radical (unpaired) electrons. The molecule has 0 saturated heterocycles. The fourth-order valence-electron chi connectivity index (χ4n) is 3.88. The number of rotatable bonds is 6. The van der Waals surface area contributed by atoms with E-state index in [0.29, 0.717) is 28.2 Å². The lowest BCUT2D eigenvalue weighted by Crippen LogP contribution is -2.51. The highest BCUT2D eigenvalue weighted by atomic mass is 35.5. The molecule has 33 heavy (non-hydrogen) atoms. The number of carbonyl (C=O) groups is 1. The van der Waals surface area contributed by atoms with Crippen molar-refractivity contribution in [1.82, 2.24) is 14.5 Å². The minimum absolute atomic E-state index is 0.176. The number of hydrogen-bond donors (Lipinski definition) is 0. The number of benzene rings is 2. The molecule has 0 fully saturated rings. The van der Waals surface area contributed by atoms with Crippen LogP contribution in [-0.2, 0) is 11.3 Å². The summed E-state index contributed by atoms with van der Waals surface area (Å²) < 4.78 is 15.1. The Morgan fingerprint density at radius 1 is 1.21 bits per heavy atom. The zero-order valence-electron chi connectivity index (χ0n) is 18.3. The number of amides is 1. The van der Waals surface area contributed by atoms with Crippen LogP contribution in [0.3, 0.4) is 0 Å². The molecule has 4 aromatic rings. The highest BCUT2D eigenvalue weighted by Crippen LogP contribution is 2.37. The van der Waals surface area contributed by atoms with Crippen LogP contribution in [0.4, 0.5) is 5.13 Å². The van der Waals surface area contributed by atoms with Crippen LogP contribution >= 0.6 is 22.9 Å². The number of nitrogens with zero attached hydrogens (tertiary/aromatic N) is 4. The summed E-state index contributed by atoms with van der Waals surface area (Å²) in [5.74, 6) is 1.04. The second-order valence-corrected chi connectivity index (χ2v) is 9.38. The maximum absolute atomic E-state index is 13.8. The van der Waals surface area contributed by atoms with Crippen LogP contribution < -0.4 is 14.4 Å². The fraction of sp³-hybridized carbons (Fsp3) is 0.292. The van der Waals surface area contributed by atoms with E-state index in [2.05, 4.69) is 4.98 Å². The number of hydrogen-bond acceptors (Lipinski definition) is 6. The predicted octanol–water partition coefficient (Wildman–Crippen LogP) is 5.11. The Hall–Kier alpha value is -3.10. The number of aryl methyl sites for hydroxylation is 2. The van der Waals surface area contributed by atoms with Gasteiger partial charge in [0, 0.05) is 30.5 Å². The molecule has 0 spiro atoms. The van der Waals surface area contributed by atoms with Gasteiger partial charge in [-0.2, -0.15) is 0 Å². The van der Waals surface area contributed by atoms with Gasteiger partial charge in [-0.25, -0.2) is 9.97 Å². The van der Waals surface area contributed by atoms with Crippen LogP contribution in [0.2, 0.25) is 5.02 Å². The first-order valence-electron chi connectivity index (χ1n) is 10.8.